The highest BCUT2D eigenvalue weighted by Crippen LogP contribution is 2.28. The van der Waals surface area contributed by atoms with E-state index in [-0.39, 0.29) is 16.3 Å². The predicted octanol–water partition coefficient (Wildman–Crippen LogP) is 2.89. The van der Waals surface area contributed by atoms with Gasteiger partial charge in [-0.1, -0.05) is 18.2 Å². The van der Waals surface area contributed by atoms with Crippen molar-refractivity contribution in [3.05, 3.63) is 70.4 Å². The van der Waals surface area contributed by atoms with Gasteiger partial charge >= 0.3 is 10.1 Å². The van der Waals surface area contributed by atoms with Crippen molar-refractivity contribution < 1.29 is 17.5 Å². The van der Waals surface area contributed by atoms with Crippen molar-refractivity contribution in [3.8, 4) is 5.75 Å². The summed E-state index contributed by atoms with van der Waals surface area (Å²) in [5.41, 5.74) is 0.104. The molecular formula is C16H16N2O5S. The number of nitro benzene ring substituents is 1. The fourth-order valence-corrected chi connectivity index (χ4v) is 2.81. The van der Waals surface area contributed by atoms with Gasteiger partial charge in [0.1, 0.15) is 10.6 Å². The first-order chi connectivity index (χ1) is 11.3. The van der Waals surface area contributed by atoms with Gasteiger partial charge in [-0.05, 0) is 36.5 Å². The molecule has 0 aliphatic rings. The number of nitrogens with zero attached hydrogens (tertiary/aromatic N) is 2. The third kappa shape index (κ3) is 4.32. The minimum Gasteiger partial charge on any atom is -0.383 e. The Morgan fingerprint density at radius 3 is 2.38 bits per heavy atom. The molecule has 0 N–H and O–H groups in total. The summed E-state index contributed by atoms with van der Waals surface area (Å²) in [6.45, 7) is 0. The van der Waals surface area contributed by atoms with Crippen LogP contribution in [0.5, 0.6) is 5.75 Å². The van der Waals surface area contributed by atoms with Crippen molar-refractivity contribution in [1.82, 2.24) is 4.90 Å². The van der Waals surface area contributed by atoms with E-state index in [1.807, 2.05) is 0 Å². The minimum absolute atomic E-state index is 0.0239. The van der Waals surface area contributed by atoms with Crippen LogP contribution in [0.15, 0.2) is 59.6 Å². The summed E-state index contributed by atoms with van der Waals surface area (Å²) in [5.74, 6) is -0.118. The van der Waals surface area contributed by atoms with E-state index in [0.717, 1.165) is 6.07 Å². The van der Waals surface area contributed by atoms with Crippen LogP contribution < -0.4 is 4.18 Å². The van der Waals surface area contributed by atoms with E-state index in [0.29, 0.717) is 5.56 Å². The van der Waals surface area contributed by atoms with Crippen molar-refractivity contribution in [3.63, 3.8) is 0 Å². The second kappa shape index (κ2) is 7.14. The average Bonchev–Trinajstić information content (AvgIpc) is 2.54. The van der Waals surface area contributed by atoms with E-state index >= 15 is 0 Å². The molecule has 7 nitrogen and oxygen atoms in total. The standard InChI is InChI=1S/C16H16N2O5S/c1-17(2)11-10-13-8-9-14(12-16(13)18(19)20)23-24(21,22)15-6-4-3-5-7-15/h3-12H,1-2H3/b11-10+. The van der Waals surface area contributed by atoms with E-state index in [4.69, 9.17) is 4.18 Å². The van der Waals surface area contributed by atoms with Crippen LogP contribution in [0.4, 0.5) is 5.69 Å². The summed E-state index contributed by atoms with van der Waals surface area (Å²) in [5, 5.41) is 11.2. The monoisotopic (exact) mass is 348 g/mol. The normalized spacial score (nSPS) is 11.4. The summed E-state index contributed by atoms with van der Waals surface area (Å²) in [4.78, 5) is 12.3. The summed E-state index contributed by atoms with van der Waals surface area (Å²) in [6, 6.07) is 11.5. The molecule has 126 valence electrons. The van der Waals surface area contributed by atoms with Gasteiger partial charge in [-0.2, -0.15) is 8.42 Å². The Morgan fingerprint density at radius 2 is 1.79 bits per heavy atom. The largest absolute Gasteiger partial charge is 0.383 e. The average molecular weight is 348 g/mol. The Kier molecular flexibility index (Phi) is 5.20. The molecule has 0 fully saturated rings. The van der Waals surface area contributed by atoms with Crippen molar-refractivity contribution in [1.29, 1.82) is 0 Å². The smallest absolute Gasteiger partial charge is 0.339 e. The molecule has 2 aromatic rings. The molecule has 0 saturated carbocycles. The van der Waals surface area contributed by atoms with Gasteiger partial charge < -0.3 is 9.08 Å². The number of rotatable bonds is 6. The fourth-order valence-electron chi connectivity index (χ4n) is 1.87. The van der Waals surface area contributed by atoms with Gasteiger partial charge in [-0.25, -0.2) is 0 Å². The van der Waals surface area contributed by atoms with Crippen LogP contribution in [-0.4, -0.2) is 32.3 Å². The molecule has 0 amide bonds. The van der Waals surface area contributed by atoms with Crippen LogP contribution in [0.3, 0.4) is 0 Å². The Morgan fingerprint density at radius 1 is 1.12 bits per heavy atom. The summed E-state index contributed by atoms with van der Waals surface area (Å²) >= 11 is 0. The molecule has 2 rings (SSSR count). The molecule has 2 aromatic carbocycles. The summed E-state index contributed by atoms with van der Waals surface area (Å²) in [6.07, 6.45) is 3.22. The molecule has 0 spiro atoms. The maximum absolute atomic E-state index is 12.2. The molecule has 0 aliphatic heterocycles. The lowest BCUT2D eigenvalue weighted by Crippen LogP contribution is -2.09. The molecule has 0 radical (unpaired) electrons. The van der Waals surface area contributed by atoms with Crippen LogP contribution in [-0.2, 0) is 10.1 Å². The van der Waals surface area contributed by atoms with E-state index in [2.05, 4.69) is 0 Å². The van der Waals surface area contributed by atoms with Gasteiger partial charge in [0, 0.05) is 14.1 Å². The van der Waals surface area contributed by atoms with Crippen LogP contribution in [0.1, 0.15) is 5.56 Å². The van der Waals surface area contributed by atoms with Crippen LogP contribution in [0.25, 0.3) is 6.08 Å². The number of benzene rings is 2. The Labute approximate surface area is 140 Å². The predicted molar refractivity (Wildman–Crippen MR) is 90.1 cm³/mol. The van der Waals surface area contributed by atoms with Gasteiger partial charge in [0.05, 0.1) is 16.6 Å². The second-order valence-corrected chi connectivity index (χ2v) is 6.65. The van der Waals surface area contributed by atoms with Crippen molar-refractivity contribution >= 4 is 21.9 Å². The lowest BCUT2D eigenvalue weighted by molar-refractivity contribution is -0.385. The highest BCUT2D eigenvalue weighted by atomic mass is 32.2. The molecule has 0 aromatic heterocycles. The molecule has 0 saturated heterocycles. The first kappa shape index (κ1) is 17.5. The quantitative estimate of drug-likeness (QED) is 0.453. The highest BCUT2D eigenvalue weighted by Gasteiger charge is 2.19. The molecule has 0 aliphatic carbocycles. The van der Waals surface area contributed by atoms with Gasteiger partial charge in [0.15, 0.2) is 0 Å². The zero-order valence-electron chi connectivity index (χ0n) is 13.1. The zero-order chi connectivity index (χ0) is 17.7. The number of hydrogen-bond donors (Lipinski definition) is 0. The van der Waals surface area contributed by atoms with E-state index < -0.39 is 15.0 Å². The lowest BCUT2D eigenvalue weighted by atomic mass is 10.1. The molecule has 0 atom stereocenters. The van der Waals surface area contributed by atoms with Crippen LogP contribution in [0, 0.1) is 10.1 Å². The van der Waals surface area contributed by atoms with Crippen LogP contribution in [0.2, 0.25) is 0 Å². The highest BCUT2D eigenvalue weighted by molar-refractivity contribution is 7.87. The molecule has 0 unspecified atom stereocenters. The van der Waals surface area contributed by atoms with Crippen molar-refractivity contribution in [2.75, 3.05) is 14.1 Å². The third-order valence-electron chi connectivity index (χ3n) is 2.99. The van der Waals surface area contributed by atoms with Gasteiger partial charge in [0.2, 0.25) is 0 Å². The van der Waals surface area contributed by atoms with E-state index in [1.165, 1.54) is 24.3 Å². The topological polar surface area (TPSA) is 89.8 Å². The number of nitro groups is 1. The van der Waals surface area contributed by atoms with E-state index in [9.17, 15) is 18.5 Å². The maximum atomic E-state index is 12.2. The molecule has 0 heterocycles. The fraction of sp³-hybridized carbons (Fsp3) is 0.125. The third-order valence-corrected chi connectivity index (χ3v) is 4.25. The number of hydrogen-bond acceptors (Lipinski definition) is 6. The minimum atomic E-state index is -4.04. The van der Waals surface area contributed by atoms with Crippen molar-refractivity contribution in [2.24, 2.45) is 0 Å². The Hall–Kier alpha value is -2.87. The molecular weight excluding hydrogens is 332 g/mol. The van der Waals surface area contributed by atoms with Gasteiger partial charge in [-0.15, -0.1) is 0 Å². The lowest BCUT2D eigenvalue weighted by Gasteiger charge is -2.08. The molecule has 24 heavy (non-hydrogen) atoms. The van der Waals surface area contributed by atoms with Gasteiger partial charge in [0.25, 0.3) is 5.69 Å². The molecule has 8 heteroatoms. The molecule has 0 bridgehead atoms. The zero-order valence-corrected chi connectivity index (χ0v) is 13.9. The first-order valence-electron chi connectivity index (χ1n) is 6.92. The SMILES string of the molecule is CN(C)/C=C/c1ccc(OS(=O)(=O)c2ccccc2)cc1[N+](=O)[O-]. The Balaban J connectivity index is 2.36. The van der Waals surface area contributed by atoms with Crippen LogP contribution >= 0.6 is 0 Å². The maximum Gasteiger partial charge on any atom is 0.339 e. The summed E-state index contributed by atoms with van der Waals surface area (Å²) < 4.78 is 29.3. The van der Waals surface area contributed by atoms with E-state index in [1.54, 1.807) is 49.5 Å². The van der Waals surface area contributed by atoms with Crippen molar-refractivity contribution in [2.45, 2.75) is 4.90 Å². The van der Waals surface area contributed by atoms with Gasteiger partial charge in [-0.3, -0.25) is 10.1 Å². The first-order valence-corrected chi connectivity index (χ1v) is 8.33. The Bertz CT molecular complexity index is 861. The summed E-state index contributed by atoms with van der Waals surface area (Å²) in [7, 11) is -0.475. The second-order valence-electron chi connectivity index (χ2n) is 5.11.